The maximum Gasteiger partial charge on any atom is 0.410 e. The van der Waals surface area contributed by atoms with Gasteiger partial charge in [0.15, 0.2) is 5.78 Å². The number of ketones is 1. The number of amides is 1. The topological polar surface area (TPSA) is 114 Å². The zero-order valence-corrected chi connectivity index (χ0v) is 21.8. The van der Waals surface area contributed by atoms with Crippen molar-refractivity contribution in [1.29, 1.82) is 0 Å². The fraction of sp³-hybridized carbons (Fsp3) is 0.357. The molecule has 3 aromatic rings. The summed E-state index contributed by atoms with van der Waals surface area (Å²) in [5, 5.41) is 3.33. The van der Waals surface area contributed by atoms with E-state index in [-0.39, 0.29) is 29.3 Å². The first-order chi connectivity index (χ1) is 17.6. The molecule has 1 atom stereocenters. The van der Waals surface area contributed by atoms with Crippen molar-refractivity contribution in [2.45, 2.75) is 45.3 Å². The van der Waals surface area contributed by atoms with Crippen LogP contribution in [0.5, 0.6) is 0 Å². The molecule has 194 valence electrons. The van der Waals surface area contributed by atoms with Crippen molar-refractivity contribution < 1.29 is 14.3 Å². The lowest BCUT2D eigenvalue weighted by Crippen LogP contribution is -2.47. The number of piperidine rings is 1. The second kappa shape index (κ2) is 10.9. The smallest absolute Gasteiger partial charge is 0.410 e. The first-order valence-electron chi connectivity index (χ1n) is 12.4. The van der Waals surface area contributed by atoms with Gasteiger partial charge in [0.2, 0.25) is 0 Å². The highest BCUT2D eigenvalue weighted by molar-refractivity contribution is 6.14. The van der Waals surface area contributed by atoms with E-state index in [1.54, 1.807) is 17.0 Å². The molecule has 3 N–H and O–H groups in total. The van der Waals surface area contributed by atoms with E-state index in [4.69, 9.17) is 10.5 Å². The summed E-state index contributed by atoms with van der Waals surface area (Å²) in [5.41, 5.74) is 8.29. The lowest BCUT2D eigenvalue weighted by molar-refractivity contribution is 0.0206. The van der Waals surface area contributed by atoms with E-state index in [0.29, 0.717) is 24.5 Å². The molecule has 37 heavy (non-hydrogen) atoms. The SMILES string of the molecule is CN(c1ccccc1)c1ccc(C(=O)c2c(N)ncnc2N[C@@H]2CCCN(C(=O)OC(C)(C)C)C2)cc1. The van der Waals surface area contributed by atoms with Crippen LogP contribution >= 0.6 is 0 Å². The lowest BCUT2D eigenvalue weighted by atomic mass is 10.0. The molecule has 0 unspecified atom stereocenters. The highest BCUT2D eigenvalue weighted by Crippen LogP contribution is 2.27. The Kier molecular flexibility index (Phi) is 7.61. The molecule has 1 aromatic heterocycles. The number of nitrogens with one attached hydrogen (secondary N) is 1. The Labute approximate surface area is 217 Å². The number of nitrogens with two attached hydrogens (primary N) is 1. The number of hydrogen-bond acceptors (Lipinski definition) is 8. The maximum atomic E-state index is 13.5. The number of ether oxygens (including phenoxy) is 1. The minimum Gasteiger partial charge on any atom is -0.444 e. The molecule has 0 bridgehead atoms. The fourth-order valence-electron chi connectivity index (χ4n) is 4.29. The number of aromatic nitrogens is 2. The Hall–Kier alpha value is -4.14. The van der Waals surface area contributed by atoms with Crippen LogP contribution in [0.15, 0.2) is 60.9 Å². The van der Waals surface area contributed by atoms with Crippen LogP contribution in [-0.4, -0.2) is 58.5 Å². The molecule has 0 radical (unpaired) electrons. The van der Waals surface area contributed by atoms with Crippen molar-refractivity contribution >= 4 is 34.9 Å². The number of nitrogen functional groups attached to an aromatic ring is 1. The number of carbonyl (C=O) groups is 2. The highest BCUT2D eigenvalue weighted by atomic mass is 16.6. The van der Waals surface area contributed by atoms with E-state index in [9.17, 15) is 9.59 Å². The standard InChI is InChI=1S/C28H34N6O3/c1-28(2,3)37-27(36)34-16-8-9-20(17-34)32-26-23(25(29)30-18-31-26)24(35)19-12-14-22(15-13-19)33(4)21-10-6-5-7-11-21/h5-7,10-15,18,20H,8-9,16-17H2,1-4H3,(H3,29,30,31,32)/t20-/m1/s1. The molecule has 1 fully saturated rings. The molecule has 1 saturated heterocycles. The van der Waals surface area contributed by atoms with Crippen LogP contribution < -0.4 is 16.0 Å². The number of benzene rings is 2. The van der Waals surface area contributed by atoms with Gasteiger partial charge in [0.25, 0.3) is 0 Å². The van der Waals surface area contributed by atoms with E-state index < -0.39 is 5.60 Å². The minimum atomic E-state index is -0.566. The molecule has 0 aliphatic carbocycles. The van der Waals surface area contributed by atoms with Crippen molar-refractivity contribution in [2.75, 3.05) is 36.1 Å². The molecular weight excluding hydrogens is 468 g/mol. The molecule has 2 aromatic carbocycles. The number of para-hydroxylation sites is 1. The Bertz CT molecular complexity index is 1240. The van der Waals surface area contributed by atoms with Crippen LogP contribution in [0.3, 0.4) is 0 Å². The summed E-state index contributed by atoms with van der Waals surface area (Å²) in [6.07, 6.45) is 2.60. The molecule has 2 heterocycles. The van der Waals surface area contributed by atoms with Crippen LogP contribution in [0.4, 0.5) is 27.8 Å². The van der Waals surface area contributed by atoms with E-state index >= 15 is 0 Å². The van der Waals surface area contributed by atoms with Crippen LogP contribution in [0.2, 0.25) is 0 Å². The largest absolute Gasteiger partial charge is 0.444 e. The van der Waals surface area contributed by atoms with Crippen molar-refractivity contribution in [3.05, 3.63) is 72.1 Å². The number of rotatable bonds is 6. The van der Waals surface area contributed by atoms with Gasteiger partial charge in [-0.2, -0.15) is 0 Å². The average Bonchev–Trinajstić information content (AvgIpc) is 2.88. The van der Waals surface area contributed by atoms with Gasteiger partial charge in [0.05, 0.1) is 0 Å². The summed E-state index contributed by atoms with van der Waals surface area (Å²) in [6.45, 7) is 6.59. The van der Waals surface area contributed by atoms with Gasteiger partial charge in [-0.15, -0.1) is 0 Å². The van der Waals surface area contributed by atoms with E-state index in [0.717, 1.165) is 24.2 Å². The Morgan fingerprint density at radius 2 is 1.73 bits per heavy atom. The van der Waals surface area contributed by atoms with E-state index in [2.05, 4.69) is 15.3 Å². The summed E-state index contributed by atoms with van der Waals surface area (Å²) < 4.78 is 5.53. The normalized spacial score (nSPS) is 15.7. The third-order valence-electron chi connectivity index (χ3n) is 6.18. The number of anilines is 4. The van der Waals surface area contributed by atoms with Gasteiger partial charge >= 0.3 is 6.09 Å². The Balaban J connectivity index is 1.50. The number of hydrogen-bond donors (Lipinski definition) is 2. The lowest BCUT2D eigenvalue weighted by Gasteiger charge is -2.34. The predicted molar refractivity (Wildman–Crippen MR) is 145 cm³/mol. The van der Waals surface area contributed by atoms with Crippen molar-refractivity contribution in [3.8, 4) is 0 Å². The van der Waals surface area contributed by atoms with Gasteiger partial charge in [-0.3, -0.25) is 4.79 Å². The molecule has 9 nitrogen and oxygen atoms in total. The van der Waals surface area contributed by atoms with Gasteiger partial charge in [0, 0.05) is 43.1 Å². The first kappa shape index (κ1) is 25.9. The molecular formula is C28H34N6O3. The summed E-state index contributed by atoms with van der Waals surface area (Å²) in [5.74, 6) is 0.195. The van der Waals surface area contributed by atoms with Gasteiger partial charge in [-0.1, -0.05) is 18.2 Å². The van der Waals surface area contributed by atoms with Crippen molar-refractivity contribution in [2.24, 2.45) is 0 Å². The molecule has 1 aliphatic heterocycles. The Morgan fingerprint density at radius 1 is 1.05 bits per heavy atom. The summed E-state index contributed by atoms with van der Waals surface area (Å²) in [6, 6.07) is 17.2. The second-order valence-electron chi connectivity index (χ2n) is 10.2. The molecule has 0 saturated carbocycles. The first-order valence-corrected chi connectivity index (χ1v) is 12.4. The average molecular weight is 503 g/mol. The third-order valence-corrected chi connectivity index (χ3v) is 6.18. The maximum absolute atomic E-state index is 13.5. The van der Waals surface area contributed by atoms with E-state index in [1.807, 2.05) is 75.2 Å². The fourth-order valence-corrected chi connectivity index (χ4v) is 4.29. The van der Waals surface area contributed by atoms with Crippen LogP contribution in [0, 0.1) is 0 Å². The van der Waals surface area contributed by atoms with Gasteiger partial charge in [-0.05, 0) is 70.0 Å². The van der Waals surface area contributed by atoms with Gasteiger partial charge < -0.3 is 25.6 Å². The molecule has 1 amide bonds. The van der Waals surface area contributed by atoms with Crippen LogP contribution in [0.25, 0.3) is 0 Å². The monoisotopic (exact) mass is 502 g/mol. The molecule has 1 aliphatic rings. The predicted octanol–water partition coefficient (Wildman–Crippen LogP) is 4.87. The zero-order chi connectivity index (χ0) is 26.6. The minimum absolute atomic E-state index is 0.104. The van der Waals surface area contributed by atoms with Crippen LogP contribution in [-0.2, 0) is 4.74 Å². The number of carbonyl (C=O) groups excluding carboxylic acids is 2. The summed E-state index contributed by atoms with van der Waals surface area (Å²) in [4.78, 5) is 38.2. The summed E-state index contributed by atoms with van der Waals surface area (Å²) in [7, 11) is 1.97. The number of likely N-dealkylation sites (tertiary alicyclic amines) is 1. The molecule has 0 spiro atoms. The van der Waals surface area contributed by atoms with Gasteiger partial charge in [0.1, 0.15) is 29.1 Å². The molecule has 9 heteroatoms. The van der Waals surface area contributed by atoms with Crippen LogP contribution in [0.1, 0.15) is 49.5 Å². The second-order valence-corrected chi connectivity index (χ2v) is 10.2. The van der Waals surface area contributed by atoms with E-state index in [1.165, 1.54) is 6.33 Å². The highest BCUT2D eigenvalue weighted by Gasteiger charge is 2.29. The quantitative estimate of drug-likeness (QED) is 0.459. The molecule has 4 rings (SSSR count). The van der Waals surface area contributed by atoms with Crippen molar-refractivity contribution in [3.63, 3.8) is 0 Å². The Morgan fingerprint density at radius 3 is 2.41 bits per heavy atom. The summed E-state index contributed by atoms with van der Waals surface area (Å²) >= 11 is 0. The zero-order valence-electron chi connectivity index (χ0n) is 21.8. The third kappa shape index (κ3) is 6.35. The van der Waals surface area contributed by atoms with Crippen molar-refractivity contribution in [1.82, 2.24) is 14.9 Å². The van der Waals surface area contributed by atoms with Gasteiger partial charge in [-0.25, -0.2) is 14.8 Å². The number of nitrogens with zero attached hydrogens (tertiary/aromatic N) is 4.